The Morgan fingerprint density at radius 2 is 2.05 bits per heavy atom. The number of aromatic nitrogens is 1. The molecule has 1 aromatic rings. The highest BCUT2D eigenvalue weighted by atomic mass is 35.5. The van der Waals surface area contributed by atoms with Gasteiger partial charge in [0.25, 0.3) is 5.92 Å². The van der Waals surface area contributed by atoms with Crippen molar-refractivity contribution in [3.63, 3.8) is 0 Å². The number of hydrogen-bond acceptors (Lipinski definition) is 2. The second kappa shape index (κ2) is 5.54. The first-order valence-corrected chi connectivity index (χ1v) is 8.78. The Kier molecular flexibility index (Phi) is 4.17. The summed E-state index contributed by atoms with van der Waals surface area (Å²) >= 11 is 13.6. The Morgan fingerprint density at radius 3 is 2.76 bits per heavy atom. The summed E-state index contributed by atoms with van der Waals surface area (Å²) in [6.45, 7) is 0. The predicted octanol–water partition coefficient (Wildman–Crippen LogP) is 5.71. The molecule has 2 atom stereocenters. The van der Waals surface area contributed by atoms with E-state index in [-0.39, 0.29) is 23.5 Å². The van der Waals surface area contributed by atoms with E-state index in [1.54, 1.807) is 18.0 Å². The number of hydrogen-bond donors (Lipinski definition) is 0. The van der Waals surface area contributed by atoms with Crippen LogP contribution in [-0.4, -0.2) is 20.0 Å². The number of rotatable bonds is 2. The Bertz CT molecular complexity index is 512. The van der Waals surface area contributed by atoms with Crippen molar-refractivity contribution in [3.8, 4) is 0 Å². The van der Waals surface area contributed by atoms with Crippen molar-refractivity contribution in [1.82, 2.24) is 4.98 Å². The normalized spacial score (nSPS) is 34.2. The molecule has 3 rings (SSSR count). The summed E-state index contributed by atoms with van der Waals surface area (Å²) < 4.78 is 26.0. The molecule has 0 amide bonds. The Balaban J connectivity index is 1.92. The summed E-state index contributed by atoms with van der Waals surface area (Å²) in [7, 11) is 0. The lowest BCUT2D eigenvalue weighted by molar-refractivity contribution is -0.0782. The van der Waals surface area contributed by atoms with E-state index in [0.29, 0.717) is 0 Å². The third-order valence-corrected chi connectivity index (χ3v) is 7.01. The van der Waals surface area contributed by atoms with Gasteiger partial charge in [0.05, 0.1) is 5.03 Å². The summed E-state index contributed by atoms with van der Waals surface area (Å²) in [6.07, 6.45) is 5.34. The van der Waals surface area contributed by atoms with Crippen LogP contribution in [0.2, 0.25) is 0 Å². The van der Waals surface area contributed by atoms with Crippen molar-refractivity contribution >= 4 is 35.0 Å². The molecular weight excluding hydrogens is 335 g/mol. The highest BCUT2D eigenvalue weighted by Crippen LogP contribution is 2.63. The minimum absolute atomic E-state index is 0.0566. The van der Waals surface area contributed by atoms with Crippen molar-refractivity contribution < 1.29 is 8.78 Å². The Morgan fingerprint density at radius 1 is 1.24 bits per heavy atom. The van der Waals surface area contributed by atoms with Crippen LogP contribution in [0.25, 0.3) is 0 Å². The molecule has 1 heterocycles. The van der Waals surface area contributed by atoms with Gasteiger partial charge in [0.1, 0.15) is 0 Å². The fourth-order valence-corrected chi connectivity index (χ4v) is 5.92. The van der Waals surface area contributed by atoms with E-state index in [0.717, 1.165) is 30.7 Å². The van der Waals surface area contributed by atoms with Crippen molar-refractivity contribution in [3.05, 3.63) is 24.4 Å². The number of nitrogens with zero attached hydrogens (tertiary/aromatic N) is 1. The van der Waals surface area contributed by atoms with Crippen LogP contribution in [0, 0.1) is 5.92 Å². The fourth-order valence-electron chi connectivity index (χ4n) is 3.55. The van der Waals surface area contributed by atoms with E-state index in [2.05, 4.69) is 4.98 Å². The van der Waals surface area contributed by atoms with Crippen molar-refractivity contribution in [2.24, 2.45) is 5.92 Å². The molecule has 1 aromatic heterocycles. The smallest absolute Gasteiger partial charge is 0.250 e. The van der Waals surface area contributed by atoms with Gasteiger partial charge < -0.3 is 0 Å². The Hall–Kier alpha value is -0.0600. The third kappa shape index (κ3) is 2.91. The fraction of sp³-hybridized carbons (Fsp3) is 0.667. The van der Waals surface area contributed by atoms with Crippen molar-refractivity contribution in [2.75, 3.05) is 0 Å². The Labute approximate surface area is 137 Å². The van der Waals surface area contributed by atoms with Gasteiger partial charge in [-0.25, -0.2) is 13.8 Å². The zero-order valence-corrected chi connectivity index (χ0v) is 13.8. The van der Waals surface area contributed by atoms with Gasteiger partial charge in [-0.05, 0) is 30.9 Å². The van der Waals surface area contributed by atoms with Crippen LogP contribution in [0.5, 0.6) is 0 Å². The summed E-state index contributed by atoms with van der Waals surface area (Å²) in [5.74, 6) is -3.08. The average Bonchev–Trinajstić information content (AvgIpc) is 2.41. The zero-order chi connectivity index (χ0) is 15.1. The van der Waals surface area contributed by atoms with Gasteiger partial charge >= 0.3 is 0 Å². The lowest BCUT2D eigenvalue weighted by Gasteiger charge is -2.53. The maximum absolute atomic E-state index is 14.2. The van der Waals surface area contributed by atoms with E-state index < -0.39 is 10.3 Å². The topological polar surface area (TPSA) is 12.9 Å². The molecule has 2 fully saturated rings. The molecule has 0 radical (unpaired) electrons. The molecule has 1 nitrogen and oxygen atoms in total. The molecule has 0 unspecified atom stereocenters. The van der Waals surface area contributed by atoms with Gasteiger partial charge in [-0.15, -0.1) is 0 Å². The quantitative estimate of drug-likeness (QED) is 0.633. The van der Waals surface area contributed by atoms with E-state index >= 15 is 0 Å². The van der Waals surface area contributed by atoms with Gasteiger partial charge in [0.15, 0.2) is 4.33 Å². The van der Waals surface area contributed by atoms with Crippen molar-refractivity contribution in [1.29, 1.82) is 0 Å². The van der Waals surface area contributed by atoms with Gasteiger partial charge in [-0.2, -0.15) is 0 Å². The van der Waals surface area contributed by atoms with Crippen molar-refractivity contribution in [2.45, 2.75) is 58.6 Å². The SMILES string of the molecule is FC1(F)C[C@@H]2CCCC[C@]2(Sc2ccccn2)CC1(Cl)Cl. The molecule has 0 aliphatic heterocycles. The molecular formula is C15H17Cl2F2NS. The van der Waals surface area contributed by atoms with Crippen LogP contribution in [0.1, 0.15) is 38.5 Å². The van der Waals surface area contributed by atoms with E-state index in [4.69, 9.17) is 23.2 Å². The van der Waals surface area contributed by atoms with Crippen LogP contribution >= 0.6 is 35.0 Å². The minimum Gasteiger partial charge on any atom is -0.250 e. The van der Waals surface area contributed by atoms with Gasteiger partial charge in [0.2, 0.25) is 0 Å². The summed E-state index contributed by atoms with van der Waals surface area (Å²) in [4.78, 5) is 4.33. The molecule has 21 heavy (non-hydrogen) atoms. The van der Waals surface area contributed by atoms with E-state index in [1.807, 2.05) is 18.2 Å². The monoisotopic (exact) mass is 351 g/mol. The first-order valence-electron chi connectivity index (χ1n) is 7.20. The lowest BCUT2D eigenvalue weighted by atomic mass is 9.68. The third-order valence-electron chi connectivity index (χ3n) is 4.65. The number of pyridine rings is 1. The molecule has 0 bridgehead atoms. The molecule has 0 aromatic carbocycles. The van der Waals surface area contributed by atoms with Crippen LogP contribution < -0.4 is 0 Å². The first kappa shape index (κ1) is 15.8. The highest BCUT2D eigenvalue weighted by Gasteiger charge is 2.63. The minimum atomic E-state index is -3.02. The maximum Gasteiger partial charge on any atom is 0.280 e. The summed E-state index contributed by atoms with van der Waals surface area (Å²) in [6, 6.07) is 5.68. The zero-order valence-electron chi connectivity index (χ0n) is 11.5. The standard InChI is InChI=1S/C15H17Cl2F2NS/c16-14(17)10-13(21-12-6-2-4-8-20-12)7-3-1-5-11(13)9-15(14,18)19/h2,4,6,8,11H,1,3,5,7,9-10H2/t11-,13-/m0/s1. The number of alkyl halides is 4. The second-order valence-electron chi connectivity index (χ2n) is 6.07. The van der Waals surface area contributed by atoms with Gasteiger partial charge in [-0.3, -0.25) is 0 Å². The molecule has 2 aliphatic carbocycles. The van der Waals surface area contributed by atoms with Crippen LogP contribution in [-0.2, 0) is 0 Å². The van der Waals surface area contributed by atoms with Gasteiger partial charge in [-0.1, -0.05) is 53.9 Å². The largest absolute Gasteiger partial charge is 0.280 e. The second-order valence-corrected chi connectivity index (χ2v) is 8.99. The van der Waals surface area contributed by atoms with Crippen LogP contribution in [0.15, 0.2) is 29.4 Å². The number of fused-ring (bicyclic) bond motifs is 1. The molecule has 0 spiro atoms. The average molecular weight is 352 g/mol. The number of thioether (sulfide) groups is 1. The maximum atomic E-state index is 14.2. The molecule has 2 saturated carbocycles. The predicted molar refractivity (Wildman–Crippen MR) is 83.4 cm³/mol. The molecule has 2 aliphatic rings. The molecule has 116 valence electrons. The lowest BCUT2D eigenvalue weighted by Crippen LogP contribution is -2.56. The van der Waals surface area contributed by atoms with Crippen LogP contribution in [0.3, 0.4) is 0 Å². The first-order chi connectivity index (χ1) is 9.85. The van der Waals surface area contributed by atoms with E-state index in [1.165, 1.54) is 0 Å². The summed E-state index contributed by atoms with van der Waals surface area (Å²) in [5, 5.41) is 0.860. The highest BCUT2D eigenvalue weighted by molar-refractivity contribution is 8.00. The number of halogens is 4. The van der Waals surface area contributed by atoms with E-state index in [9.17, 15) is 8.78 Å². The molecule has 0 N–H and O–H groups in total. The van der Waals surface area contributed by atoms with Crippen LogP contribution in [0.4, 0.5) is 8.78 Å². The molecule has 0 saturated heterocycles. The molecule has 6 heteroatoms. The van der Waals surface area contributed by atoms with Gasteiger partial charge in [0, 0.05) is 23.8 Å². The summed E-state index contributed by atoms with van der Waals surface area (Å²) in [5.41, 5.74) is 0.